The van der Waals surface area contributed by atoms with E-state index in [2.05, 4.69) is 15.3 Å². The number of morpholine rings is 1. The molecular formula is C23H27F3N6O4. The number of fused-ring (bicyclic) bond motifs is 3. The van der Waals surface area contributed by atoms with Gasteiger partial charge in [0.05, 0.1) is 31.4 Å². The van der Waals surface area contributed by atoms with Gasteiger partial charge in [0.15, 0.2) is 5.78 Å². The lowest BCUT2D eigenvalue weighted by Crippen LogP contribution is -2.54. The Bertz CT molecular complexity index is 1200. The van der Waals surface area contributed by atoms with E-state index in [-0.39, 0.29) is 49.3 Å². The molecule has 2 N–H and O–H groups in total. The van der Waals surface area contributed by atoms with Crippen molar-refractivity contribution in [2.24, 2.45) is 0 Å². The molecule has 5 heterocycles. The third-order valence-corrected chi connectivity index (χ3v) is 7.04. The van der Waals surface area contributed by atoms with Crippen molar-refractivity contribution in [3.8, 4) is 0 Å². The van der Waals surface area contributed by atoms with Gasteiger partial charge in [-0.2, -0.15) is 18.2 Å². The second-order valence-corrected chi connectivity index (χ2v) is 9.63. The number of alkyl halides is 3. The summed E-state index contributed by atoms with van der Waals surface area (Å²) in [6.07, 6.45) is -2.99. The third-order valence-electron chi connectivity index (χ3n) is 7.04. The van der Waals surface area contributed by atoms with Crippen molar-refractivity contribution < 1.29 is 27.8 Å². The minimum atomic E-state index is -4.62. The molecule has 0 amide bonds. The number of ketones is 1. The van der Waals surface area contributed by atoms with Gasteiger partial charge in [-0.1, -0.05) is 0 Å². The quantitative estimate of drug-likeness (QED) is 0.537. The third kappa shape index (κ3) is 4.41. The summed E-state index contributed by atoms with van der Waals surface area (Å²) in [6.45, 7) is 2.32. The molecular weight excluding hydrogens is 481 g/mol. The van der Waals surface area contributed by atoms with E-state index in [0.717, 1.165) is 11.3 Å². The fraction of sp³-hybridized carbons (Fsp3) is 0.565. The van der Waals surface area contributed by atoms with Crippen molar-refractivity contribution in [1.29, 1.82) is 0 Å². The highest BCUT2D eigenvalue weighted by Gasteiger charge is 2.51. The molecule has 2 aromatic heterocycles. The summed E-state index contributed by atoms with van der Waals surface area (Å²) in [7, 11) is 0. The van der Waals surface area contributed by atoms with Gasteiger partial charge < -0.3 is 25.0 Å². The number of halogens is 3. The number of carbonyl (C=O) groups is 1. The van der Waals surface area contributed by atoms with Gasteiger partial charge in [0.2, 0.25) is 5.95 Å². The fourth-order valence-electron chi connectivity index (χ4n) is 5.22. The zero-order valence-corrected chi connectivity index (χ0v) is 19.7. The number of carbonyl (C=O) groups excluding carboxylic acids is 1. The highest BCUT2D eigenvalue weighted by molar-refractivity contribution is 5.99. The molecule has 194 valence electrons. The second kappa shape index (κ2) is 9.04. The van der Waals surface area contributed by atoms with Crippen molar-refractivity contribution >= 4 is 23.4 Å². The lowest BCUT2D eigenvalue weighted by atomic mass is 10.0. The number of rotatable bonds is 7. The first-order valence-corrected chi connectivity index (χ1v) is 11.8. The van der Waals surface area contributed by atoms with E-state index in [9.17, 15) is 22.8 Å². The number of aliphatic hydroxyl groups is 1. The summed E-state index contributed by atoms with van der Waals surface area (Å²) in [5.41, 5.74) is -0.719. The van der Waals surface area contributed by atoms with Crippen LogP contribution in [-0.4, -0.2) is 82.1 Å². The van der Waals surface area contributed by atoms with Crippen LogP contribution in [0.2, 0.25) is 0 Å². The predicted octanol–water partition coefficient (Wildman–Crippen LogP) is 1.43. The molecule has 2 fully saturated rings. The van der Waals surface area contributed by atoms with Crippen molar-refractivity contribution in [3.05, 3.63) is 40.3 Å². The van der Waals surface area contributed by atoms with Crippen LogP contribution in [0.25, 0.3) is 0 Å². The van der Waals surface area contributed by atoms with Crippen molar-refractivity contribution in [2.45, 2.75) is 50.2 Å². The van der Waals surface area contributed by atoms with Gasteiger partial charge in [0, 0.05) is 43.9 Å². The van der Waals surface area contributed by atoms with Crippen LogP contribution in [0.3, 0.4) is 0 Å². The summed E-state index contributed by atoms with van der Waals surface area (Å²) in [6, 6.07) is 2.36. The molecule has 0 aromatic carbocycles. The Morgan fingerprint density at radius 1 is 1.36 bits per heavy atom. The SMILES string of the molecule is C[C@@]12CO[C@H](CN1c1cc(=O)n3c(n1)N(CC(=O)c1ccc(NCCO)nc1)[C@H](C(F)(F)F)CC3)C2. The predicted molar refractivity (Wildman–Crippen MR) is 125 cm³/mol. The number of aliphatic hydroxyl groups excluding tert-OH is 1. The minimum Gasteiger partial charge on any atom is -0.395 e. The van der Waals surface area contributed by atoms with E-state index in [0.29, 0.717) is 24.8 Å². The van der Waals surface area contributed by atoms with Crippen molar-refractivity contribution in [2.75, 3.05) is 48.0 Å². The number of pyridine rings is 1. The largest absolute Gasteiger partial charge is 0.408 e. The normalized spacial score (nSPS) is 25.2. The standard InChI is InChI=1S/C23H27F3N6O4/c1-22-9-15(36-13-22)11-32(22)19-8-20(35)30-6-4-17(23(24,25)26)31(21(30)29-19)12-16(34)14-2-3-18(28-10-14)27-5-7-33/h2-3,8,10,15,17,33H,4-7,9,11-13H2,1H3,(H,27,28)/t15-,17-,22+/m0/s1. The van der Waals surface area contributed by atoms with Crippen LogP contribution in [0.4, 0.5) is 30.8 Å². The molecule has 5 rings (SSSR count). The summed E-state index contributed by atoms with van der Waals surface area (Å²) in [5, 5.41) is 11.7. The smallest absolute Gasteiger partial charge is 0.395 e. The number of ether oxygens (including phenoxy) is 1. The Morgan fingerprint density at radius 2 is 2.17 bits per heavy atom. The maximum absolute atomic E-state index is 14.1. The van der Waals surface area contributed by atoms with E-state index >= 15 is 0 Å². The van der Waals surface area contributed by atoms with Crippen LogP contribution in [0.5, 0.6) is 0 Å². The van der Waals surface area contributed by atoms with Crippen molar-refractivity contribution in [1.82, 2.24) is 14.5 Å². The number of Topliss-reactive ketones (excluding diaryl/α,β-unsaturated/α-hetero) is 1. The lowest BCUT2D eigenvalue weighted by molar-refractivity contribution is -0.152. The summed E-state index contributed by atoms with van der Waals surface area (Å²) in [5.74, 6) is -0.0341. The van der Waals surface area contributed by atoms with E-state index in [1.54, 1.807) is 0 Å². The van der Waals surface area contributed by atoms with Gasteiger partial charge in [-0.25, -0.2) is 4.98 Å². The Hall–Kier alpha value is -3.19. The van der Waals surface area contributed by atoms with Gasteiger partial charge in [-0.15, -0.1) is 0 Å². The van der Waals surface area contributed by atoms with E-state index < -0.39 is 30.1 Å². The maximum Gasteiger partial charge on any atom is 0.408 e. The molecule has 0 spiro atoms. The zero-order valence-electron chi connectivity index (χ0n) is 19.7. The van der Waals surface area contributed by atoms with Crippen LogP contribution >= 0.6 is 0 Å². The molecule has 2 bridgehead atoms. The van der Waals surface area contributed by atoms with Gasteiger partial charge in [0.25, 0.3) is 5.56 Å². The topological polar surface area (TPSA) is 113 Å². The van der Waals surface area contributed by atoms with Gasteiger partial charge in [0.1, 0.15) is 17.7 Å². The number of nitrogens with zero attached hydrogens (tertiary/aromatic N) is 5. The molecule has 0 radical (unpaired) electrons. The molecule has 0 unspecified atom stereocenters. The first-order valence-electron chi connectivity index (χ1n) is 11.8. The van der Waals surface area contributed by atoms with Gasteiger partial charge in [-0.3, -0.25) is 14.2 Å². The van der Waals surface area contributed by atoms with Crippen LogP contribution in [-0.2, 0) is 11.3 Å². The van der Waals surface area contributed by atoms with Gasteiger partial charge >= 0.3 is 6.18 Å². The molecule has 2 saturated heterocycles. The number of hydrogen-bond acceptors (Lipinski definition) is 9. The Labute approximate surface area is 204 Å². The number of hydrogen-bond donors (Lipinski definition) is 2. The highest BCUT2D eigenvalue weighted by atomic mass is 19.4. The molecule has 10 nitrogen and oxygen atoms in total. The van der Waals surface area contributed by atoms with Gasteiger partial charge in [-0.05, 0) is 25.5 Å². The first-order chi connectivity index (χ1) is 17.1. The molecule has 2 aromatic rings. The molecule has 13 heteroatoms. The zero-order chi connectivity index (χ0) is 25.7. The molecule has 3 aliphatic heterocycles. The van der Waals surface area contributed by atoms with E-state index in [1.165, 1.54) is 29.0 Å². The van der Waals surface area contributed by atoms with E-state index in [4.69, 9.17) is 9.84 Å². The average molecular weight is 509 g/mol. The Balaban J connectivity index is 1.48. The summed E-state index contributed by atoms with van der Waals surface area (Å²) < 4.78 is 49.1. The first kappa shape index (κ1) is 24.5. The maximum atomic E-state index is 14.1. The average Bonchev–Trinajstić information content (AvgIpc) is 3.38. The van der Waals surface area contributed by atoms with Crippen LogP contribution < -0.4 is 20.7 Å². The van der Waals surface area contributed by atoms with Crippen LogP contribution in [0, 0.1) is 0 Å². The number of anilines is 3. The molecule has 0 saturated carbocycles. The minimum absolute atomic E-state index is 0.0152. The van der Waals surface area contributed by atoms with E-state index in [1.807, 2.05) is 11.8 Å². The summed E-state index contributed by atoms with van der Waals surface area (Å²) >= 11 is 0. The highest BCUT2D eigenvalue weighted by Crippen LogP contribution is 2.41. The summed E-state index contributed by atoms with van der Waals surface area (Å²) in [4.78, 5) is 37.4. The van der Waals surface area contributed by atoms with Crippen molar-refractivity contribution in [3.63, 3.8) is 0 Å². The Kier molecular flexibility index (Phi) is 6.15. The molecule has 0 aliphatic carbocycles. The molecule has 3 aliphatic rings. The lowest BCUT2D eigenvalue weighted by Gasteiger charge is -2.40. The van der Waals surface area contributed by atoms with Crippen LogP contribution in [0.15, 0.2) is 29.2 Å². The molecule has 36 heavy (non-hydrogen) atoms. The monoisotopic (exact) mass is 508 g/mol. The fourth-order valence-corrected chi connectivity index (χ4v) is 5.22. The second-order valence-electron chi connectivity index (χ2n) is 9.63. The molecule has 3 atom stereocenters. The van der Waals surface area contributed by atoms with Crippen LogP contribution in [0.1, 0.15) is 30.1 Å². The number of aromatic nitrogens is 3. The Morgan fingerprint density at radius 3 is 2.78 bits per heavy atom. The number of nitrogens with one attached hydrogen (secondary N) is 1.